The Kier molecular flexibility index (Phi) is 3.71. The minimum Gasteiger partial charge on any atom is -0.300 e. The van der Waals surface area contributed by atoms with E-state index in [1.54, 1.807) is 6.92 Å². The van der Waals surface area contributed by atoms with Crippen molar-refractivity contribution in [3.63, 3.8) is 0 Å². The third-order valence-corrected chi connectivity index (χ3v) is 2.99. The molecule has 0 aliphatic carbocycles. The summed E-state index contributed by atoms with van der Waals surface area (Å²) in [4.78, 5) is 10.9. The van der Waals surface area contributed by atoms with Crippen molar-refractivity contribution in [3.8, 4) is 0 Å². The number of hydrogen-bond acceptors (Lipinski definition) is 1. The first-order valence-electron chi connectivity index (χ1n) is 3.53. The second-order valence-electron chi connectivity index (χ2n) is 2.61. The molecule has 0 atom stereocenters. The summed E-state index contributed by atoms with van der Waals surface area (Å²) in [6.45, 7) is 1.61. The molecule has 1 aromatic carbocycles. The van der Waals surface area contributed by atoms with Crippen LogP contribution in [0.15, 0.2) is 22.7 Å². The second kappa shape index (κ2) is 4.37. The van der Waals surface area contributed by atoms with Crippen molar-refractivity contribution in [3.05, 3.63) is 31.8 Å². The molecular weight excluding hydrogens is 331 g/mol. The molecule has 0 saturated heterocycles. The summed E-state index contributed by atoms with van der Waals surface area (Å²) < 4.78 is 2.17. The molecule has 1 rings (SSSR count). The van der Waals surface area contributed by atoms with Crippen molar-refractivity contribution in [2.45, 2.75) is 13.3 Å². The lowest BCUT2D eigenvalue weighted by molar-refractivity contribution is -0.116. The number of rotatable bonds is 2. The minimum atomic E-state index is 0.200. The number of carbonyl (C=O) groups excluding carboxylic acids is 1. The van der Waals surface area contributed by atoms with E-state index in [4.69, 9.17) is 0 Å². The van der Waals surface area contributed by atoms with E-state index in [2.05, 4.69) is 38.5 Å². The van der Waals surface area contributed by atoms with Gasteiger partial charge in [-0.2, -0.15) is 0 Å². The highest BCUT2D eigenvalue weighted by atomic mass is 127. The van der Waals surface area contributed by atoms with Crippen LogP contribution in [0.4, 0.5) is 0 Å². The standard InChI is InChI=1S/C9H8BrIO/c1-6(12)4-7-5-8(10)2-3-9(7)11/h2-3,5H,4H2,1H3. The molecule has 0 amide bonds. The van der Waals surface area contributed by atoms with Crippen LogP contribution in [0.1, 0.15) is 12.5 Å². The topological polar surface area (TPSA) is 17.1 Å². The average Bonchev–Trinajstić information content (AvgIpc) is 1.96. The highest BCUT2D eigenvalue weighted by Gasteiger charge is 2.02. The van der Waals surface area contributed by atoms with E-state index in [0.29, 0.717) is 6.42 Å². The zero-order valence-corrected chi connectivity index (χ0v) is 10.3. The van der Waals surface area contributed by atoms with Crippen molar-refractivity contribution < 1.29 is 4.79 Å². The van der Waals surface area contributed by atoms with Crippen molar-refractivity contribution >= 4 is 44.3 Å². The first kappa shape index (κ1) is 10.2. The van der Waals surface area contributed by atoms with Gasteiger partial charge >= 0.3 is 0 Å². The van der Waals surface area contributed by atoms with Gasteiger partial charge in [-0.25, -0.2) is 0 Å². The Labute approximate surface area is 93.8 Å². The summed E-state index contributed by atoms with van der Waals surface area (Å²) in [6, 6.07) is 5.97. The maximum Gasteiger partial charge on any atom is 0.134 e. The number of ketones is 1. The monoisotopic (exact) mass is 338 g/mol. The first-order chi connectivity index (χ1) is 5.59. The van der Waals surface area contributed by atoms with E-state index < -0.39 is 0 Å². The molecule has 0 saturated carbocycles. The van der Waals surface area contributed by atoms with Crippen molar-refractivity contribution in [2.75, 3.05) is 0 Å². The van der Waals surface area contributed by atoms with Crippen LogP contribution in [-0.2, 0) is 11.2 Å². The Morgan fingerprint density at radius 1 is 1.58 bits per heavy atom. The van der Waals surface area contributed by atoms with E-state index in [-0.39, 0.29) is 5.78 Å². The van der Waals surface area contributed by atoms with Crippen molar-refractivity contribution in [1.29, 1.82) is 0 Å². The Bertz CT molecular complexity index is 309. The maximum absolute atomic E-state index is 10.9. The van der Waals surface area contributed by atoms with Gasteiger partial charge in [-0.05, 0) is 53.3 Å². The van der Waals surface area contributed by atoms with Gasteiger partial charge in [0.05, 0.1) is 0 Å². The molecule has 0 spiro atoms. The molecule has 0 fully saturated rings. The predicted molar refractivity (Wildman–Crippen MR) is 61.2 cm³/mol. The second-order valence-corrected chi connectivity index (χ2v) is 4.69. The van der Waals surface area contributed by atoms with Gasteiger partial charge in [0.2, 0.25) is 0 Å². The smallest absolute Gasteiger partial charge is 0.134 e. The van der Waals surface area contributed by atoms with Crippen LogP contribution in [0, 0.1) is 3.57 Å². The zero-order chi connectivity index (χ0) is 9.14. The molecule has 1 aromatic rings. The third kappa shape index (κ3) is 2.86. The molecule has 0 aliphatic heterocycles. The Hall–Kier alpha value is 0.1000. The normalized spacial score (nSPS) is 9.92. The van der Waals surface area contributed by atoms with Gasteiger partial charge in [-0.3, -0.25) is 4.79 Å². The summed E-state index contributed by atoms with van der Waals surface area (Å²) in [7, 11) is 0. The van der Waals surface area contributed by atoms with Gasteiger partial charge in [0, 0.05) is 14.5 Å². The molecule has 3 heteroatoms. The molecule has 0 radical (unpaired) electrons. The fourth-order valence-corrected chi connectivity index (χ4v) is 1.88. The van der Waals surface area contributed by atoms with E-state index in [9.17, 15) is 4.79 Å². The molecule has 0 unspecified atom stereocenters. The number of Topliss-reactive ketones (excluding diaryl/α,β-unsaturated/α-hetero) is 1. The number of halogens is 2. The van der Waals surface area contributed by atoms with Gasteiger partial charge in [0.1, 0.15) is 5.78 Å². The predicted octanol–water partition coefficient (Wildman–Crippen LogP) is 3.19. The quantitative estimate of drug-likeness (QED) is 0.757. The number of carbonyl (C=O) groups is 1. The molecule has 12 heavy (non-hydrogen) atoms. The van der Waals surface area contributed by atoms with Crippen LogP contribution in [0.2, 0.25) is 0 Å². The molecule has 0 bridgehead atoms. The zero-order valence-electron chi connectivity index (χ0n) is 6.60. The van der Waals surface area contributed by atoms with Crippen LogP contribution < -0.4 is 0 Å². The largest absolute Gasteiger partial charge is 0.300 e. The van der Waals surface area contributed by atoms with Gasteiger partial charge in [-0.15, -0.1) is 0 Å². The van der Waals surface area contributed by atoms with Crippen LogP contribution in [0.3, 0.4) is 0 Å². The van der Waals surface area contributed by atoms with E-state index in [1.165, 1.54) is 0 Å². The lowest BCUT2D eigenvalue weighted by atomic mass is 10.1. The van der Waals surface area contributed by atoms with Crippen LogP contribution >= 0.6 is 38.5 Å². The SMILES string of the molecule is CC(=O)Cc1cc(Br)ccc1I. The maximum atomic E-state index is 10.9. The Morgan fingerprint density at radius 3 is 2.83 bits per heavy atom. The van der Waals surface area contributed by atoms with Gasteiger partial charge in [-0.1, -0.05) is 15.9 Å². The minimum absolute atomic E-state index is 0.200. The molecule has 0 N–H and O–H groups in total. The fourth-order valence-electron chi connectivity index (χ4n) is 0.947. The van der Waals surface area contributed by atoms with Crippen molar-refractivity contribution in [1.82, 2.24) is 0 Å². The summed E-state index contributed by atoms with van der Waals surface area (Å²) in [5.41, 5.74) is 1.09. The lowest BCUT2D eigenvalue weighted by Crippen LogP contribution is -1.98. The number of hydrogen-bond donors (Lipinski definition) is 0. The summed E-state index contributed by atoms with van der Waals surface area (Å²) >= 11 is 5.61. The molecule has 0 heterocycles. The lowest BCUT2D eigenvalue weighted by Gasteiger charge is -2.01. The molecule has 0 aromatic heterocycles. The summed E-state index contributed by atoms with van der Waals surface area (Å²) in [5, 5.41) is 0. The Balaban J connectivity index is 2.97. The number of benzene rings is 1. The van der Waals surface area contributed by atoms with E-state index >= 15 is 0 Å². The Morgan fingerprint density at radius 2 is 2.25 bits per heavy atom. The van der Waals surface area contributed by atoms with E-state index in [0.717, 1.165) is 13.6 Å². The summed E-state index contributed by atoms with van der Waals surface area (Å²) in [5.74, 6) is 0.200. The first-order valence-corrected chi connectivity index (χ1v) is 5.40. The van der Waals surface area contributed by atoms with Crippen molar-refractivity contribution in [2.24, 2.45) is 0 Å². The van der Waals surface area contributed by atoms with Gasteiger partial charge in [0.15, 0.2) is 0 Å². The van der Waals surface area contributed by atoms with Crippen LogP contribution in [0.5, 0.6) is 0 Å². The van der Waals surface area contributed by atoms with Crippen LogP contribution in [-0.4, -0.2) is 5.78 Å². The highest BCUT2D eigenvalue weighted by molar-refractivity contribution is 14.1. The average molecular weight is 339 g/mol. The third-order valence-electron chi connectivity index (χ3n) is 1.45. The van der Waals surface area contributed by atoms with Gasteiger partial charge < -0.3 is 0 Å². The van der Waals surface area contributed by atoms with E-state index in [1.807, 2.05) is 18.2 Å². The van der Waals surface area contributed by atoms with Crippen LogP contribution in [0.25, 0.3) is 0 Å². The molecular formula is C9H8BrIO. The molecule has 64 valence electrons. The highest BCUT2D eigenvalue weighted by Crippen LogP contribution is 2.18. The molecule has 1 nitrogen and oxygen atoms in total. The van der Waals surface area contributed by atoms with Gasteiger partial charge in [0.25, 0.3) is 0 Å². The summed E-state index contributed by atoms with van der Waals surface area (Å²) in [6.07, 6.45) is 0.526. The molecule has 0 aliphatic rings. The fraction of sp³-hybridized carbons (Fsp3) is 0.222.